The third-order valence-electron chi connectivity index (χ3n) is 3.87. The first kappa shape index (κ1) is 14.2. The number of benzene rings is 1. The molecule has 19 heavy (non-hydrogen) atoms. The quantitative estimate of drug-likeness (QED) is 0.762. The monoisotopic (exact) mass is 322 g/mol. The molecule has 2 rings (SSSR count). The smallest absolute Gasteiger partial charge is 0.137 e. The Morgan fingerprint density at radius 3 is 2.68 bits per heavy atom. The zero-order chi connectivity index (χ0) is 14.2. The lowest BCUT2D eigenvalue weighted by Gasteiger charge is -2.31. The summed E-state index contributed by atoms with van der Waals surface area (Å²) in [6.07, 6.45) is 4.34. The highest BCUT2D eigenvalue weighted by molar-refractivity contribution is 9.10. The zero-order valence-corrected chi connectivity index (χ0v) is 12.9. The molecular formula is C16H19BrO2. The lowest BCUT2D eigenvalue weighted by Crippen LogP contribution is -2.17. The lowest BCUT2D eigenvalue weighted by molar-refractivity contribution is 0.422. The van der Waals surface area contributed by atoms with Crippen LogP contribution < -0.4 is 0 Å². The Morgan fingerprint density at radius 2 is 2.05 bits per heavy atom. The van der Waals surface area contributed by atoms with Gasteiger partial charge in [0.25, 0.3) is 0 Å². The van der Waals surface area contributed by atoms with Crippen molar-refractivity contribution in [3.63, 3.8) is 0 Å². The summed E-state index contributed by atoms with van der Waals surface area (Å²) in [5, 5.41) is 19.9. The molecule has 3 heteroatoms. The predicted molar refractivity (Wildman–Crippen MR) is 81.5 cm³/mol. The van der Waals surface area contributed by atoms with Gasteiger partial charge in [0.05, 0.1) is 0 Å². The number of phenols is 2. The number of aromatic hydroxyl groups is 2. The Kier molecular flexibility index (Phi) is 4.04. The molecule has 0 spiro atoms. The SMILES string of the molecule is C=C(C)[C@@H]1CCC(C)=C[C@H]1c1ccc(O)c(Br)c1O. The van der Waals surface area contributed by atoms with Gasteiger partial charge in [0.15, 0.2) is 0 Å². The van der Waals surface area contributed by atoms with Crippen molar-refractivity contribution in [2.24, 2.45) is 5.92 Å². The number of phenolic OH excluding ortho intramolecular Hbond substituents is 2. The highest BCUT2D eigenvalue weighted by atomic mass is 79.9. The number of hydrogen-bond donors (Lipinski definition) is 2. The molecule has 102 valence electrons. The molecule has 2 atom stereocenters. The van der Waals surface area contributed by atoms with Crippen LogP contribution in [0.2, 0.25) is 0 Å². The van der Waals surface area contributed by atoms with Crippen molar-refractivity contribution in [3.8, 4) is 11.5 Å². The molecule has 0 amide bonds. The average molecular weight is 323 g/mol. The van der Waals surface area contributed by atoms with Gasteiger partial charge in [-0.2, -0.15) is 0 Å². The Morgan fingerprint density at radius 1 is 1.37 bits per heavy atom. The molecule has 1 aromatic carbocycles. The van der Waals surface area contributed by atoms with E-state index in [0.29, 0.717) is 10.4 Å². The Bertz CT molecular complexity index is 546. The first-order valence-corrected chi connectivity index (χ1v) is 7.24. The first-order valence-electron chi connectivity index (χ1n) is 6.44. The van der Waals surface area contributed by atoms with E-state index in [0.717, 1.165) is 24.0 Å². The van der Waals surface area contributed by atoms with Crippen LogP contribution >= 0.6 is 15.9 Å². The lowest BCUT2D eigenvalue weighted by atomic mass is 9.74. The maximum Gasteiger partial charge on any atom is 0.137 e. The molecule has 2 nitrogen and oxygen atoms in total. The largest absolute Gasteiger partial charge is 0.507 e. The molecule has 0 heterocycles. The van der Waals surface area contributed by atoms with Crippen LogP contribution in [0.5, 0.6) is 11.5 Å². The van der Waals surface area contributed by atoms with Crippen LogP contribution in [0.15, 0.2) is 40.4 Å². The third-order valence-corrected chi connectivity index (χ3v) is 4.65. The predicted octanol–water partition coefficient (Wildman–Crippen LogP) is 4.88. The maximum atomic E-state index is 10.3. The van der Waals surface area contributed by atoms with Gasteiger partial charge in [0, 0.05) is 11.5 Å². The fourth-order valence-electron chi connectivity index (χ4n) is 2.77. The van der Waals surface area contributed by atoms with Crippen LogP contribution in [-0.2, 0) is 0 Å². The summed E-state index contributed by atoms with van der Waals surface area (Å²) < 4.78 is 0.363. The van der Waals surface area contributed by atoms with E-state index in [9.17, 15) is 10.2 Å². The number of allylic oxidation sites excluding steroid dienone is 3. The number of rotatable bonds is 2. The van der Waals surface area contributed by atoms with Gasteiger partial charge in [-0.3, -0.25) is 0 Å². The zero-order valence-electron chi connectivity index (χ0n) is 11.3. The molecule has 0 unspecified atom stereocenters. The van der Waals surface area contributed by atoms with E-state index in [-0.39, 0.29) is 17.4 Å². The highest BCUT2D eigenvalue weighted by Crippen LogP contribution is 2.46. The number of hydrogen-bond acceptors (Lipinski definition) is 2. The summed E-state index contributed by atoms with van der Waals surface area (Å²) in [7, 11) is 0. The molecule has 1 aromatic rings. The average Bonchev–Trinajstić information content (AvgIpc) is 2.35. The molecule has 0 saturated heterocycles. The molecule has 0 fully saturated rings. The van der Waals surface area contributed by atoms with Gasteiger partial charge >= 0.3 is 0 Å². The van der Waals surface area contributed by atoms with E-state index in [1.807, 2.05) is 6.92 Å². The van der Waals surface area contributed by atoms with Crippen molar-refractivity contribution >= 4 is 15.9 Å². The molecule has 0 aromatic heterocycles. The third kappa shape index (κ3) is 2.71. The van der Waals surface area contributed by atoms with E-state index >= 15 is 0 Å². The normalized spacial score (nSPS) is 23.0. The van der Waals surface area contributed by atoms with Gasteiger partial charge in [-0.25, -0.2) is 0 Å². The minimum atomic E-state index is 0.0598. The van der Waals surface area contributed by atoms with Crippen molar-refractivity contribution < 1.29 is 10.2 Å². The molecule has 0 bridgehead atoms. The van der Waals surface area contributed by atoms with E-state index in [2.05, 4.69) is 35.5 Å². The van der Waals surface area contributed by atoms with E-state index in [1.54, 1.807) is 12.1 Å². The summed E-state index contributed by atoms with van der Waals surface area (Å²) in [5.41, 5.74) is 3.32. The van der Waals surface area contributed by atoms with Crippen LogP contribution in [0.25, 0.3) is 0 Å². The topological polar surface area (TPSA) is 40.5 Å². The number of halogens is 1. The van der Waals surface area contributed by atoms with Gasteiger partial charge in [0.2, 0.25) is 0 Å². The van der Waals surface area contributed by atoms with Crippen molar-refractivity contribution in [2.45, 2.75) is 32.6 Å². The fourth-order valence-corrected chi connectivity index (χ4v) is 3.13. The molecule has 0 saturated carbocycles. The minimum absolute atomic E-state index is 0.0598. The van der Waals surface area contributed by atoms with E-state index < -0.39 is 0 Å². The summed E-state index contributed by atoms with van der Waals surface area (Å²) in [4.78, 5) is 0. The van der Waals surface area contributed by atoms with Gasteiger partial charge in [0.1, 0.15) is 16.0 Å². The summed E-state index contributed by atoms with van der Waals surface area (Å²) in [5.74, 6) is 0.654. The molecule has 0 radical (unpaired) electrons. The van der Waals surface area contributed by atoms with Crippen LogP contribution in [0.1, 0.15) is 38.2 Å². The molecule has 0 aliphatic heterocycles. The standard InChI is InChI=1S/C16H19BrO2/c1-9(2)11-5-4-10(3)8-13(11)12-6-7-14(18)15(17)16(12)19/h6-8,11,13,18-19H,1,4-5H2,2-3H3/t11-,13+/m0/s1. The van der Waals surface area contributed by atoms with Gasteiger partial charge < -0.3 is 10.2 Å². The maximum absolute atomic E-state index is 10.3. The van der Waals surface area contributed by atoms with Crippen molar-refractivity contribution in [2.75, 3.05) is 0 Å². The van der Waals surface area contributed by atoms with Crippen molar-refractivity contribution in [1.29, 1.82) is 0 Å². The van der Waals surface area contributed by atoms with Crippen LogP contribution in [-0.4, -0.2) is 10.2 Å². The van der Waals surface area contributed by atoms with Crippen molar-refractivity contribution in [3.05, 3.63) is 46.0 Å². The Labute approximate surface area is 122 Å². The van der Waals surface area contributed by atoms with Crippen LogP contribution in [0, 0.1) is 5.92 Å². The summed E-state index contributed by atoms with van der Waals surface area (Å²) in [6.45, 7) is 8.24. The second kappa shape index (κ2) is 5.41. The van der Waals surface area contributed by atoms with Gasteiger partial charge in [-0.1, -0.05) is 29.9 Å². The van der Waals surface area contributed by atoms with Crippen molar-refractivity contribution in [1.82, 2.24) is 0 Å². The molecule has 2 N–H and O–H groups in total. The van der Waals surface area contributed by atoms with Gasteiger partial charge in [-0.15, -0.1) is 0 Å². The molecule has 1 aliphatic carbocycles. The second-order valence-corrected chi connectivity index (χ2v) is 6.16. The summed E-state index contributed by atoms with van der Waals surface area (Å²) in [6, 6.07) is 3.41. The van der Waals surface area contributed by atoms with Gasteiger partial charge in [-0.05, 0) is 54.6 Å². The van der Waals surface area contributed by atoms with Crippen LogP contribution in [0.3, 0.4) is 0 Å². The second-order valence-electron chi connectivity index (χ2n) is 5.37. The fraction of sp³-hybridized carbons (Fsp3) is 0.375. The molecular weight excluding hydrogens is 304 g/mol. The minimum Gasteiger partial charge on any atom is -0.507 e. The van der Waals surface area contributed by atoms with Crippen LogP contribution in [0.4, 0.5) is 0 Å². The Hall–Kier alpha value is -1.22. The Balaban J connectivity index is 2.51. The highest BCUT2D eigenvalue weighted by Gasteiger charge is 2.28. The summed E-state index contributed by atoms with van der Waals surface area (Å²) >= 11 is 3.23. The van der Waals surface area contributed by atoms with E-state index in [1.165, 1.54) is 5.57 Å². The first-order chi connectivity index (χ1) is 8.91. The van der Waals surface area contributed by atoms with E-state index in [4.69, 9.17) is 0 Å². The molecule has 1 aliphatic rings.